The van der Waals surface area contributed by atoms with Crippen LogP contribution in [0.1, 0.15) is 34.3 Å². The zero-order valence-electron chi connectivity index (χ0n) is 13.5. The van der Waals surface area contributed by atoms with Crippen LogP contribution in [0, 0.1) is 0 Å². The molecule has 2 aromatic carbocycles. The van der Waals surface area contributed by atoms with Crippen LogP contribution in [0.2, 0.25) is 0 Å². The maximum absolute atomic E-state index is 12.2. The van der Waals surface area contributed by atoms with Crippen molar-refractivity contribution in [1.82, 2.24) is 10.2 Å². The number of rotatable bonds is 5. The maximum atomic E-state index is 12.2. The van der Waals surface area contributed by atoms with Gasteiger partial charge in [-0.25, -0.2) is 0 Å². The number of carbonyl (C=O) groups is 2. The van der Waals surface area contributed by atoms with Gasteiger partial charge in [0.1, 0.15) is 0 Å². The molecule has 1 aliphatic rings. The number of hydrogen-bond donors (Lipinski definition) is 2. The maximum Gasteiger partial charge on any atom is 0.251 e. The second kappa shape index (κ2) is 7.17. The highest BCUT2D eigenvalue weighted by atomic mass is 16.2. The highest BCUT2D eigenvalue weighted by Crippen LogP contribution is 2.15. The van der Waals surface area contributed by atoms with Crippen molar-refractivity contribution in [3.8, 4) is 0 Å². The van der Waals surface area contributed by atoms with Crippen molar-refractivity contribution in [2.45, 2.75) is 25.9 Å². The molecule has 5 heteroatoms. The number of nitrogens with zero attached hydrogens (tertiary/aromatic N) is 1. The van der Waals surface area contributed by atoms with E-state index in [4.69, 9.17) is 5.73 Å². The molecule has 0 radical (unpaired) electrons. The Bertz CT molecular complexity index is 758. The number of nitrogen functional groups attached to an aromatic ring is 1. The molecule has 1 fully saturated rings. The van der Waals surface area contributed by atoms with E-state index in [2.05, 4.69) is 5.32 Å². The van der Waals surface area contributed by atoms with Gasteiger partial charge in [-0.3, -0.25) is 9.59 Å². The minimum atomic E-state index is -0.151. The standard InChI is InChI=1S/C19H21N3O2/c20-17-7-2-6-16(11-17)19(24)21-12-14-4-1-5-15(10-14)13-22-9-3-8-18(22)23/h1-2,4-7,10-11H,3,8-9,12-13,20H2,(H,21,24). The normalized spacial score (nSPS) is 14.0. The lowest BCUT2D eigenvalue weighted by Gasteiger charge is -2.16. The first kappa shape index (κ1) is 16.1. The second-order valence-electron chi connectivity index (χ2n) is 6.05. The SMILES string of the molecule is Nc1cccc(C(=O)NCc2cccc(CN3CCCC3=O)c2)c1. The molecule has 1 heterocycles. The van der Waals surface area contributed by atoms with E-state index in [1.165, 1.54) is 0 Å². The molecule has 0 atom stereocenters. The van der Waals surface area contributed by atoms with E-state index in [9.17, 15) is 9.59 Å². The van der Waals surface area contributed by atoms with Crippen molar-refractivity contribution in [3.63, 3.8) is 0 Å². The van der Waals surface area contributed by atoms with Crippen LogP contribution in [0.5, 0.6) is 0 Å². The highest BCUT2D eigenvalue weighted by molar-refractivity contribution is 5.94. The third-order valence-electron chi connectivity index (χ3n) is 4.14. The van der Waals surface area contributed by atoms with Gasteiger partial charge < -0.3 is 16.0 Å². The third kappa shape index (κ3) is 3.93. The molecule has 124 valence electrons. The van der Waals surface area contributed by atoms with E-state index < -0.39 is 0 Å². The number of amides is 2. The van der Waals surface area contributed by atoms with Crippen LogP contribution in [0.4, 0.5) is 5.69 Å². The number of carbonyl (C=O) groups excluding carboxylic acids is 2. The van der Waals surface area contributed by atoms with Crippen LogP contribution in [-0.2, 0) is 17.9 Å². The summed E-state index contributed by atoms with van der Waals surface area (Å²) in [7, 11) is 0. The van der Waals surface area contributed by atoms with Crippen molar-refractivity contribution < 1.29 is 9.59 Å². The molecule has 0 aliphatic carbocycles. The van der Waals surface area contributed by atoms with E-state index >= 15 is 0 Å². The number of nitrogens with two attached hydrogens (primary N) is 1. The van der Waals surface area contributed by atoms with Crippen LogP contribution in [0.3, 0.4) is 0 Å². The van der Waals surface area contributed by atoms with Gasteiger partial charge in [0.15, 0.2) is 0 Å². The Hall–Kier alpha value is -2.82. The Morgan fingerprint density at radius 1 is 1.12 bits per heavy atom. The molecule has 2 aromatic rings. The largest absolute Gasteiger partial charge is 0.399 e. The monoisotopic (exact) mass is 323 g/mol. The van der Waals surface area contributed by atoms with Crippen molar-refractivity contribution in [3.05, 3.63) is 65.2 Å². The van der Waals surface area contributed by atoms with Gasteiger partial charge in [-0.15, -0.1) is 0 Å². The predicted octanol–water partition coefficient (Wildman–Crippen LogP) is 2.32. The second-order valence-corrected chi connectivity index (χ2v) is 6.05. The Kier molecular flexibility index (Phi) is 4.79. The predicted molar refractivity (Wildman–Crippen MR) is 93.1 cm³/mol. The van der Waals surface area contributed by atoms with Gasteiger partial charge in [0.25, 0.3) is 5.91 Å². The number of hydrogen-bond acceptors (Lipinski definition) is 3. The van der Waals surface area contributed by atoms with Crippen LogP contribution in [0.25, 0.3) is 0 Å². The molecule has 1 aliphatic heterocycles. The van der Waals surface area contributed by atoms with Gasteiger partial charge in [0.2, 0.25) is 5.91 Å². The van der Waals surface area contributed by atoms with E-state index in [1.807, 2.05) is 29.2 Å². The molecule has 0 aromatic heterocycles. The fourth-order valence-electron chi connectivity index (χ4n) is 2.89. The smallest absolute Gasteiger partial charge is 0.251 e. The average molecular weight is 323 g/mol. The first-order valence-corrected chi connectivity index (χ1v) is 8.11. The molecule has 3 N–H and O–H groups in total. The van der Waals surface area contributed by atoms with E-state index in [0.29, 0.717) is 30.8 Å². The minimum absolute atomic E-state index is 0.151. The van der Waals surface area contributed by atoms with Crippen LogP contribution < -0.4 is 11.1 Å². The van der Waals surface area contributed by atoms with Gasteiger partial charge in [0, 0.05) is 37.3 Å². The summed E-state index contributed by atoms with van der Waals surface area (Å²) in [5.41, 5.74) is 8.91. The molecule has 2 amide bonds. The Morgan fingerprint density at radius 3 is 2.67 bits per heavy atom. The lowest BCUT2D eigenvalue weighted by molar-refractivity contribution is -0.128. The summed E-state index contributed by atoms with van der Waals surface area (Å²) < 4.78 is 0. The average Bonchev–Trinajstić information content (AvgIpc) is 2.98. The number of anilines is 1. The summed E-state index contributed by atoms with van der Waals surface area (Å²) in [6, 6.07) is 14.9. The molecule has 24 heavy (non-hydrogen) atoms. The van der Waals surface area contributed by atoms with Gasteiger partial charge in [-0.2, -0.15) is 0 Å². The molecule has 0 bridgehead atoms. The zero-order chi connectivity index (χ0) is 16.9. The number of nitrogens with one attached hydrogen (secondary N) is 1. The molecule has 0 unspecified atom stereocenters. The van der Waals surface area contributed by atoms with Gasteiger partial charge in [0.05, 0.1) is 0 Å². The van der Waals surface area contributed by atoms with Gasteiger partial charge in [-0.1, -0.05) is 30.3 Å². The van der Waals surface area contributed by atoms with Crippen molar-refractivity contribution in [2.75, 3.05) is 12.3 Å². The van der Waals surface area contributed by atoms with E-state index in [0.717, 1.165) is 24.1 Å². The lowest BCUT2D eigenvalue weighted by Crippen LogP contribution is -2.24. The van der Waals surface area contributed by atoms with Crippen molar-refractivity contribution in [2.24, 2.45) is 0 Å². The van der Waals surface area contributed by atoms with Crippen LogP contribution in [-0.4, -0.2) is 23.3 Å². The summed E-state index contributed by atoms with van der Waals surface area (Å²) >= 11 is 0. The molecule has 3 rings (SSSR count). The Labute approximate surface area is 141 Å². The molecule has 5 nitrogen and oxygen atoms in total. The van der Waals surface area contributed by atoms with Crippen molar-refractivity contribution >= 4 is 17.5 Å². The summed E-state index contributed by atoms with van der Waals surface area (Å²) in [6.45, 7) is 1.90. The molecule has 0 saturated carbocycles. The highest BCUT2D eigenvalue weighted by Gasteiger charge is 2.19. The first-order chi connectivity index (χ1) is 11.6. The molecular weight excluding hydrogens is 302 g/mol. The van der Waals surface area contributed by atoms with Crippen LogP contribution >= 0.6 is 0 Å². The molecule has 1 saturated heterocycles. The number of benzene rings is 2. The zero-order valence-corrected chi connectivity index (χ0v) is 13.5. The summed E-state index contributed by atoms with van der Waals surface area (Å²) in [4.78, 5) is 25.8. The third-order valence-corrected chi connectivity index (χ3v) is 4.14. The lowest BCUT2D eigenvalue weighted by atomic mass is 10.1. The fourth-order valence-corrected chi connectivity index (χ4v) is 2.89. The van der Waals surface area contributed by atoms with Gasteiger partial charge >= 0.3 is 0 Å². The van der Waals surface area contributed by atoms with Crippen LogP contribution in [0.15, 0.2) is 48.5 Å². The Morgan fingerprint density at radius 2 is 1.92 bits per heavy atom. The summed E-state index contributed by atoms with van der Waals surface area (Å²) in [5.74, 6) is 0.0674. The van der Waals surface area contributed by atoms with E-state index in [1.54, 1.807) is 24.3 Å². The summed E-state index contributed by atoms with van der Waals surface area (Å²) in [5, 5.41) is 2.90. The molecule has 0 spiro atoms. The fraction of sp³-hybridized carbons (Fsp3) is 0.263. The first-order valence-electron chi connectivity index (χ1n) is 8.11. The molecular formula is C19H21N3O2. The quantitative estimate of drug-likeness (QED) is 0.829. The topological polar surface area (TPSA) is 75.4 Å². The van der Waals surface area contributed by atoms with Crippen molar-refractivity contribution in [1.29, 1.82) is 0 Å². The minimum Gasteiger partial charge on any atom is -0.399 e. The number of likely N-dealkylation sites (tertiary alicyclic amines) is 1. The van der Waals surface area contributed by atoms with E-state index in [-0.39, 0.29) is 11.8 Å². The Balaban J connectivity index is 1.60. The van der Waals surface area contributed by atoms with Gasteiger partial charge in [-0.05, 0) is 35.7 Å². The summed E-state index contributed by atoms with van der Waals surface area (Å²) in [6.07, 6.45) is 1.59.